The molecule has 82 valence electrons. The maximum absolute atomic E-state index is 11.4. The highest BCUT2D eigenvalue weighted by Gasteiger charge is 2.14. The van der Waals surface area contributed by atoms with E-state index < -0.39 is 0 Å². The van der Waals surface area contributed by atoms with E-state index >= 15 is 0 Å². The number of halogens is 1. The Bertz CT molecular complexity index is 394. The van der Waals surface area contributed by atoms with Crippen molar-refractivity contribution in [1.82, 2.24) is 9.78 Å². The molecule has 0 atom stereocenters. The SMILES string of the molecule is C/C=C/C(=O)Cc1c(Cl)c(CC)nn1C. The van der Waals surface area contributed by atoms with Crippen LogP contribution >= 0.6 is 11.6 Å². The van der Waals surface area contributed by atoms with Gasteiger partial charge in [-0.2, -0.15) is 5.10 Å². The van der Waals surface area contributed by atoms with Gasteiger partial charge in [-0.1, -0.05) is 24.6 Å². The van der Waals surface area contributed by atoms with Gasteiger partial charge in [-0.15, -0.1) is 0 Å². The third kappa shape index (κ3) is 2.69. The summed E-state index contributed by atoms with van der Waals surface area (Å²) in [5.41, 5.74) is 1.64. The van der Waals surface area contributed by atoms with Crippen LogP contribution in [0.15, 0.2) is 12.2 Å². The molecule has 0 unspecified atom stereocenters. The largest absolute Gasteiger partial charge is 0.294 e. The molecule has 0 N–H and O–H groups in total. The molecule has 15 heavy (non-hydrogen) atoms. The third-order valence-electron chi connectivity index (χ3n) is 2.20. The van der Waals surface area contributed by atoms with E-state index in [4.69, 9.17) is 11.6 Å². The van der Waals surface area contributed by atoms with Gasteiger partial charge in [-0.25, -0.2) is 0 Å². The molecule has 0 aliphatic heterocycles. The fourth-order valence-corrected chi connectivity index (χ4v) is 1.78. The predicted octanol–water partition coefficient (Wildman–Crippen LogP) is 2.32. The Labute approximate surface area is 94.7 Å². The minimum atomic E-state index is 0.0463. The van der Waals surface area contributed by atoms with Crippen LogP contribution < -0.4 is 0 Å². The van der Waals surface area contributed by atoms with Crippen LogP contribution in [0.2, 0.25) is 5.02 Å². The quantitative estimate of drug-likeness (QED) is 0.739. The van der Waals surface area contributed by atoms with E-state index in [-0.39, 0.29) is 5.78 Å². The first-order valence-electron chi connectivity index (χ1n) is 4.95. The summed E-state index contributed by atoms with van der Waals surface area (Å²) in [4.78, 5) is 11.4. The van der Waals surface area contributed by atoms with E-state index in [2.05, 4.69) is 5.10 Å². The van der Waals surface area contributed by atoms with Crippen molar-refractivity contribution >= 4 is 17.4 Å². The third-order valence-corrected chi connectivity index (χ3v) is 2.63. The molecule has 1 rings (SSSR count). The summed E-state index contributed by atoms with van der Waals surface area (Å²) in [6.45, 7) is 3.81. The second-order valence-electron chi connectivity index (χ2n) is 3.33. The first-order valence-corrected chi connectivity index (χ1v) is 5.33. The minimum Gasteiger partial charge on any atom is -0.294 e. The van der Waals surface area contributed by atoms with Gasteiger partial charge in [-0.3, -0.25) is 9.48 Å². The number of aryl methyl sites for hydroxylation is 2. The van der Waals surface area contributed by atoms with Gasteiger partial charge in [0.2, 0.25) is 0 Å². The van der Waals surface area contributed by atoms with E-state index in [0.717, 1.165) is 17.8 Å². The maximum Gasteiger partial charge on any atom is 0.161 e. The number of hydrogen-bond donors (Lipinski definition) is 0. The summed E-state index contributed by atoms with van der Waals surface area (Å²) in [5.74, 6) is 0.0463. The molecule has 4 heteroatoms. The monoisotopic (exact) mass is 226 g/mol. The van der Waals surface area contributed by atoms with E-state index in [9.17, 15) is 4.79 Å². The molecular formula is C11H15ClN2O. The van der Waals surface area contributed by atoms with Crippen molar-refractivity contribution in [2.24, 2.45) is 7.05 Å². The van der Waals surface area contributed by atoms with Crippen LogP contribution in [-0.2, 0) is 24.7 Å². The molecule has 0 amide bonds. The number of ketones is 1. The summed E-state index contributed by atoms with van der Waals surface area (Å²) in [7, 11) is 1.81. The van der Waals surface area contributed by atoms with Crippen molar-refractivity contribution in [2.45, 2.75) is 26.7 Å². The first kappa shape index (κ1) is 12.0. The minimum absolute atomic E-state index is 0.0463. The lowest BCUT2D eigenvalue weighted by molar-refractivity contribution is -0.114. The molecule has 0 radical (unpaired) electrons. The molecule has 0 bridgehead atoms. The molecule has 1 aromatic rings. The summed E-state index contributed by atoms with van der Waals surface area (Å²) in [5, 5.41) is 4.87. The molecule has 0 aliphatic rings. The Morgan fingerprint density at radius 2 is 2.27 bits per heavy atom. The summed E-state index contributed by atoms with van der Waals surface area (Å²) in [6, 6.07) is 0. The van der Waals surface area contributed by atoms with Crippen LogP contribution in [0.3, 0.4) is 0 Å². The second-order valence-corrected chi connectivity index (χ2v) is 3.71. The van der Waals surface area contributed by atoms with E-state index in [1.807, 2.05) is 20.9 Å². The maximum atomic E-state index is 11.4. The molecule has 0 saturated carbocycles. The van der Waals surface area contributed by atoms with Crippen LogP contribution in [0.5, 0.6) is 0 Å². The van der Waals surface area contributed by atoms with Crippen molar-refractivity contribution in [3.8, 4) is 0 Å². The Kier molecular flexibility index (Phi) is 4.09. The molecule has 1 heterocycles. The Morgan fingerprint density at radius 3 is 2.73 bits per heavy atom. The first-order chi connectivity index (χ1) is 7.10. The normalized spacial score (nSPS) is 11.2. The van der Waals surface area contributed by atoms with Gasteiger partial charge < -0.3 is 0 Å². The van der Waals surface area contributed by atoms with Gasteiger partial charge >= 0.3 is 0 Å². The highest BCUT2D eigenvalue weighted by Crippen LogP contribution is 2.21. The van der Waals surface area contributed by atoms with Crippen molar-refractivity contribution in [2.75, 3.05) is 0 Å². The van der Waals surface area contributed by atoms with Crippen molar-refractivity contribution in [3.05, 3.63) is 28.6 Å². The Hall–Kier alpha value is -1.09. The van der Waals surface area contributed by atoms with Gasteiger partial charge in [0, 0.05) is 7.05 Å². The zero-order valence-corrected chi connectivity index (χ0v) is 10.0. The van der Waals surface area contributed by atoms with Gasteiger partial charge in [0.05, 0.1) is 22.8 Å². The van der Waals surface area contributed by atoms with Crippen molar-refractivity contribution < 1.29 is 4.79 Å². The standard InChI is InChI=1S/C11H15ClN2O/c1-4-6-8(15)7-10-11(12)9(5-2)13-14(10)3/h4,6H,5,7H2,1-3H3/b6-4+. The van der Waals surface area contributed by atoms with Crippen LogP contribution in [0.4, 0.5) is 0 Å². The van der Waals surface area contributed by atoms with Crippen molar-refractivity contribution in [1.29, 1.82) is 0 Å². The summed E-state index contributed by atoms with van der Waals surface area (Å²) in [6.07, 6.45) is 4.37. The van der Waals surface area contributed by atoms with Gasteiger partial charge in [0.25, 0.3) is 0 Å². The number of rotatable bonds is 4. The van der Waals surface area contributed by atoms with E-state index in [0.29, 0.717) is 11.4 Å². The van der Waals surface area contributed by atoms with Crippen LogP contribution in [0.1, 0.15) is 25.2 Å². The number of hydrogen-bond acceptors (Lipinski definition) is 2. The van der Waals surface area contributed by atoms with Crippen molar-refractivity contribution in [3.63, 3.8) is 0 Å². The number of carbonyl (C=O) groups is 1. The molecular weight excluding hydrogens is 212 g/mol. The lowest BCUT2D eigenvalue weighted by atomic mass is 10.2. The van der Waals surface area contributed by atoms with Crippen LogP contribution in [-0.4, -0.2) is 15.6 Å². The molecule has 0 aliphatic carbocycles. The van der Waals surface area contributed by atoms with Gasteiger partial charge in [0.1, 0.15) is 0 Å². The highest BCUT2D eigenvalue weighted by molar-refractivity contribution is 6.32. The van der Waals surface area contributed by atoms with Gasteiger partial charge in [0.15, 0.2) is 5.78 Å². The number of allylic oxidation sites excluding steroid dienone is 2. The zero-order chi connectivity index (χ0) is 11.4. The molecule has 0 saturated heterocycles. The average molecular weight is 227 g/mol. The van der Waals surface area contributed by atoms with E-state index in [1.54, 1.807) is 16.8 Å². The number of aromatic nitrogens is 2. The molecule has 0 spiro atoms. The Balaban J connectivity index is 2.94. The van der Waals surface area contributed by atoms with E-state index in [1.165, 1.54) is 0 Å². The summed E-state index contributed by atoms with van der Waals surface area (Å²) >= 11 is 6.11. The second kappa shape index (κ2) is 5.12. The molecule has 0 aromatic carbocycles. The lowest BCUT2D eigenvalue weighted by Gasteiger charge is -1.98. The molecule has 3 nitrogen and oxygen atoms in total. The fourth-order valence-electron chi connectivity index (χ4n) is 1.42. The lowest BCUT2D eigenvalue weighted by Crippen LogP contribution is -2.05. The topological polar surface area (TPSA) is 34.9 Å². The van der Waals surface area contributed by atoms with Crippen LogP contribution in [0.25, 0.3) is 0 Å². The Morgan fingerprint density at radius 1 is 1.60 bits per heavy atom. The summed E-state index contributed by atoms with van der Waals surface area (Å²) < 4.78 is 1.68. The predicted molar refractivity (Wildman–Crippen MR) is 61.1 cm³/mol. The zero-order valence-electron chi connectivity index (χ0n) is 9.25. The van der Waals surface area contributed by atoms with Gasteiger partial charge in [-0.05, 0) is 19.4 Å². The van der Waals surface area contributed by atoms with Crippen LogP contribution in [0, 0.1) is 0 Å². The molecule has 1 aromatic heterocycles. The smallest absolute Gasteiger partial charge is 0.161 e. The highest BCUT2D eigenvalue weighted by atomic mass is 35.5. The fraction of sp³-hybridized carbons (Fsp3) is 0.455. The average Bonchev–Trinajstić information content (AvgIpc) is 2.45. The number of nitrogens with zero attached hydrogens (tertiary/aromatic N) is 2. The molecule has 0 fully saturated rings. The number of carbonyl (C=O) groups excluding carboxylic acids is 1.